The average Bonchev–Trinajstić information content (AvgIpc) is 3.11. The Balaban J connectivity index is 5.12. The molecule has 0 aromatic carbocycles. The Morgan fingerprint density at radius 1 is 0.380 bits per heavy atom. The summed E-state index contributed by atoms with van der Waals surface area (Å²) in [6, 6.07) is 0. The van der Waals surface area contributed by atoms with E-state index in [1.165, 1.54) is 51.4 Å². The van der Waals surface area contributed by atoms with Crippen LogP contribution in [0, 0.1) is 0 Å². The van der Waals surface area contributed by atoms with Gasteiger partial charge in [0, 0.05) is 13.1 Å². The smallest absolute Gasteiger partial charge is 0.330 e. The Morgan fingerprint density at radius 2 is 0.640 bits per heavy atom. The van der Waals surface area contributed by atoms with Gasteiger partial charge in [0.25, 0.3) is 0 Å². The molecule has 0 aliphatic carbocycles. The van der Waals surface area contributed by atoms with Crippen LogP contribution in [0.25, 0.3) is 0 Å². The maximum absolute atomic E-state index is 13.9. The molecule has 2 atom stereocenters. The number of rotatable bonds is 41. The van der Waals surface area contributed by atoms with Crippen molar-refractivity contribution in [2.45, 2.75) is 129 Å². The molecule has 0 heterocycles. The maximum atomic E-state index is 13.9. The summed E-state index contributed by atoms with van der Waals surface area (Å²) in [6.07, 6.45) is 19.0. The minimum absolute atomic E-state index is 0.289. The molecule has 0 aliphatic rings. The van der Waals surface area contributed by atoms with Crippen LogP contribution in [0.1, 0.15) is 129 Å². The lowest BCUT2D eigenvalue weighted by Gasteiger charge is -2.25. The van der Waals surface area contributed by atoms with E-state index in [1.54, 1.807) is 0 Å². The fourth-order valence-corrected chi connectivity index (χ4v) is 8.92. The molecular weight excluding hydrogens is 674 g/mol. The van der Waals surface area contributed by atoms with Gasteiger partial charge >= 0.3 is 15.2 Å². The second kappa shape index (κ2) is 36.1. The Morgan fingerprint density at radius 3 is 0.920 bits per heavy atom. The van der Waals surface area contributed by atoms with E-state index in [1.807, 2.05) is 0 Å². The first-order valence-corrected chi connectivity index (χ1v) is 23.8. The summed E-state index contributed by atoms with van der Waals surface area (Å²) in [6.45, 7) is 12.9. The molecule has 14 heteroatoms. The molecule has 302 valence electrons. The van der Waals surface area contributed by atoms with Crippen molar-refractivity contribution in [3.8, 4) is 0 Å². The molecule has 2 unspecified atom stereocenters. The molecule has 0 spiro atoms. The van der Waals surface area contributed by atoms with Crippen LogP contribution >= 0.6 is 15.2 Å². The van der Waals surface area contributed by atoms with Crippen molar-refractivity contribution < 1.29 is 27.2 Å². The molecule has 12 nitrogen and oxygen atoms in total. The highest BCUT2D eigenvalue weighted by atomic mass is 31.2. The lowest BCUT2D eigenvalue weighted by Crippen LogP contribution is -2.31. The van der Waals surface area contributed by atoms with E-state index in [9.17, 15) is 9.13 Å². The zero-order valence-corrected chi connectivity index (χ0v) is 34.4. The molecule has 50 heavy (non-hydrogen) atoms. The van der Waals surface area contributed by atoms with E-state index in [0.29, 0.717) is 77.6 Å². The molecular formula is C36H82N6O6P2. The van der Waals surface area contributed by atoms with E-state index in [-0.39, 0.29) is 13.2 Å². The van der Waals surface area contributed by atoms with Gasteiger partial charge in [-0.2, -0.15) is 0 Å². The van der Waals surface area contributed by atoms with Crippen LogP contribution in [0.2, 0.25) is 0 Å². The molecule has 0 aromatic rings. The van der Waals surface area contributed by atoms with Crippen LogP contribution in [-0.4, -0.2) is 114 Å². The van der Waals surface area contributed by atoms with Crippen molar-refractivity contribution in [3.63, 3.8) is 0 Å². The summed E-state index contributed by atoms with van der Waals surface area (Å²) < 4.78 is 51.8. The van der Waals surface area contributed by atoms with Gasteiger partial charge in [-0.15, -0.1) is 0 Å². The molecule has 0 aliphatic heterocycles. The van der Waals surface area contributed by atoms with Gasteiger partial charge in [-0.05, 0) is 104 Å². The summed E-state index contributed by atoms with van der Waals surface area (Å²) in [5.41, 5.74) is 23.0. The van der Waals surface area contributed by atoms with Crippen molar-refractivity contribution >= 4 is 15.2 Å². The fourth-order valence-electron chi connectivity index (χ4n) is 5.57. The lowest BCUT2D eigenvalue weighted by molar-refractivity contribution is 0.175. The third-order valence-corrected chi connectivity index (χ3v) is 12.6. The van der Waals surface area contributed by atoms with Gasteiger partial charge in [-0.3, -0.25) is 9.13 Å². The zero-order chi connectivity index (χ0) is 37.0. The van der Waals surface area contributed by atoms with Gasteiger partial charge in [0.05, 0.1) is 38.8 Å². The number of unbranched alkanes of at least 4 members (excludes halogenated alkanes) is 11. The Hall–Kier alpha value is 0.0600. The van der Waals surface area contributed by atoms with E-state index in [4.69, 9.17) is 41.0 Å². The van der Waals surface area contributed by atoms with Crippen molar-refractivity contribution in [2.24, 2.45) is 22.9 Å². The maximum Gasteiger partial charge on any atom is 0.331 e. The highest BCUT2D eigenvalue weighted by Crippen LogP contribution is 2.49. The zero-order valence-electron chi connectivity index (χ0n) is 32.6. The highest BCUT2D eigenvalue weighted by Gasteiger charge is 2.27. The van der Waals surface area contributed by atoms with E-state index < -0.39 is 15.2 Å². The molecule has 0 rings (SSSR count). The summed E-state index contributed by atoms with van der Waals surface area (Å²) >= 11 is 0. The summed E-state index contributed by atoms with van der Waals surface area (Å²) in [5, 5.41) is 0. The molecule has 0 saturated carbocycles. The van der Waals surface area contributed by atoms with Gasteiger partial charge < -0.3 is 50.8 Å². The fraction of sp³-hybridized carbons (Fsp3) is 1.00. The van der Waals surface area contributed by atoms with E-state index in [2.05, 4.69) is 23.6 Å². The van der Waals surface area contributed by atoms with Gasteiger partial charge in [0.15, 0.2) is 0 Å². The van der Waals surface area contributed by atoms with Gasteiger partial charge in [0.1, 0.15) is 0 Å². The molecule has 0 fully saturated rings. The normalized spacial score (nSPS) is 14.5. The number of nitrogens with two attached hydrogens (primary N) is 4. The lowest BCUT2D eigenvalue weighted by atomic mass is 10.1. The molecule has 0 bridgehead atoms. The van der Waals surface area contributed by atoms with Crippen LogP contribution in [0.15, 0.2) is 0 Å². The van der Waals surface area contributed by atoms with Crippen LogP contribution < -0.4 is 22.9 Å². The Labute approximate surface area is 308 Å². The number of nitrogens with zero attached hydrogens (tertiary/aromatic N) is 2. The van der Waals surface area contributed by atoms with Crippen molar-refractivity contribution in [2.75, 3.05) is 104 Å². The standard InChI is InChI=1S/C36H82N6O6P2/c1-3-5-7-9-11-13-31-45-49(43,35-29-41(25-17-21-37)26-18-22-38)47-33-15-16-34-48-50(44,46-32-14-12-10-8-6-4-2)36-30-42(27-19-23-39)28-20-24-40/h3-40H2,1-2H3. The predicted octanol–water partition coefficient (Wildman–Crippen LogP) is 6.94. The SMILES string of the molecule is CCCCCCCCOP(=O)(CCN(CCCN)CCCN)OCCCCOP(=O)(CCN(CCCN)CCCN)OCCCCCCCC. The largest absolute Gasteiger partial charge is 0.331 e. The van der Waals surface area contributed by atoms with Gasteiger partial charge in [0.2, 0.25) is 0 Å². The number of hydrogen-bond donors (Lipinski definition) is 4. The van der Waals surface area contributed by atoms with Crippen molar-refractivity contribution in [1.29, 1.82) is 0 Å². The third-order valence-electron chi connectivity index (χ3n) is 8.78. The highest BCUT2D eigenvalue weighted by molar-refractivity contribution is 7.54. The van der Waals surface area contributed by atoms with Crippen LogP contribution in [0.5, 0.6) is 0 Å². The molecule has 0 saturated heterocycles. The van der Waals surface area contributed by atoms with Gasteiger partial charge in [-0.1, -0.05) is 78.1 Å². The second-order valence-corrected chi connectivity index (χ2v) is 17.9. The van der Waals surface area contributed by atoms with Crippen LogP contribution in [0.3, 0.4) is 0 Å². The van der Waals surface area contributed by atoms with Crippen molar-refractivity contribution in [3.05, 3.63) is 0 Å². The third kappa shape index (κ3) is 30.5. The monoisotopic (exact) mass is 757 g/mol. The van der Waals surface area contributed by atoms with E-state index >= 15 is 0 Å². The van der Waals surface area contributed by atoms with Crippen LogP contribution in [-0.2, 0) is 27.2 Å². The summed E-state index contributed by atoms with van der Waals surface area (Å²) in [4.78, 5) is 4.52. The second-order valence-electron chi connectivity index (χ2n) is 13.5. The molecule has 8 N–H and O–H groups in total. The minimum atomic E-state index is -3.30. The van der Waals surface area contributed by atoms with E-state index in [0.717, 1.165) is 77.5 Å². The first-order chi connectivity index (χ1) is 24.3. The molecule has 0 aromatic heterocycles. The van der Waals surface area contributed by atoms with Crippen molar-refractivity contribution in [1.82, 2.24) is 9.80 Å². The predicted molar refractivity (Wildman–Crippen MR) is 212 cm³/mol. The molecule has 0 amide bonds. The first kappa shape index (κ1) is 50.1. The first-order valence-electron chi connectivity index (χ1n) is 20.3. The summed E-state index contributed by atoms with van der Waals surface area (Å²) in [5.74, 6) is 0. The Kier molecular flexibility index (Phi) is 36.1. The van der Waals surface area contributed by atoms with Gasteiger partial charge in [-0.25, -0.2) is 0 Å². The average molecular weight is 757 g/mol. The minimum Gasteiger partial charge on any atom is -0.330 e. The molecule has 0 radical (unpaired) electrons. The van der Waals surface area contributed by atoms with Crippen LogP contribution in [0.4, 0.5) is 0 Å². The topological polar surface area (TPSA) is 182 Å². The number of hydrogen-bond acceptors (Lipinski definition) is 12. The quantitative estimate of drug-likeness (QED) is 0.0373. The summed E-state index contributed by atoms with van der Waals surface area (Å²) in [7, 11) is -6.59. The Bertz CT molecular complexity index is 739.